The van der Waals surface area contributed by atoms with Crippen LogP contribution in [0.15, 0.2) is 36.7 Å². The zero-order valence-electron chi connectivity index (χ0n) is 12.4. The number of nitrogens with zero attached hydrogens (tertiary/aromatic N) is 2. The summed E-state index contributed by atoms with van der Waals surface area (Å²) in [5.74, 6) is -0.638. The van der Waals surface area contributed by atoms with Gasteiger partial charge in [-0.3, -0.25) is 4.79 Å². The van der Waals surface area contributed by atoms with E-state index >= 15 is 0 Å². The molecule has 0 aliphatic carbocycles. The average molecular weight is 315 g/mol. The number of aromatic nitrogens is 2. The van der Waals surface area contributed by atoms with Gasteiger partial charge in [-0.25, -0.2) is 9.78 Å². The Hall–Kier alpha value is -2.83. The number of ether oxygens (including phenoxy) is 1. The van der Waals surface area contributed by atoms with Crippen molar-refractivity contribution in [1.82, 2.24) is 14.9 Å². The zero-order valence-corrected chi connectivity index (χ0v) is 12.4. The van der Waals surface area contributed by atoms with Gasteiger partial charge in [-0.15, -0.1) is 0 Å². The number of carboxylic acids is 1. The summed E-state index contributed by atoms with van der Waals surface area (Å²) in [6, 6.07) is 8.16. The number of aromatic amines is 1. The van der Waals surface area contributed by atoms with Gasteiger partial charge < -0.3 is 19.7 Å². The normalized spacial score (nSPS) is 16.7. The van der Waals surface area contributed by atoms with Gasteiger partial charge in [0.2, 0.25) is 5.91 Å². The number of nitrogens with one attached hydrogen (secondary N) is 1. The number of benzene rings is 1. The summed E-state index contributed by atoms with van der Waals surface area (Å²) >= 11 is 0. The third-order valence-corrected chi connectivity index (χ3v) is 3.81. The van der Waals surface area contributed by atoms with Gasteiger partial charge in [0.05, 0.1) is 25.0 Å². The van der Waals surface area contributed by atoms with E-state index in [0.29, 0.717) is 24.4 Å². The van der Waals surface area contributed by atoms with E-state index in [9.17, 15) is 14.7 Å². The highest BCUT2D eigenvalue weighted by Gasteiger charge is 2.37. The van der Waals surface area contributed by atoms with Crippen LogP contribution in [0.3, 0.4) is 0 Å². The van der Waals surface area contributed by atoms with Crippen LogP contribution in [-0.2, 0) is 16.0 Å². The van der Waals surface area contributed by atoms with Crippen molar-refractivity contribution in [2.24, 2.45) is 0 Å². The van der Waals surface area contributed by atoms with E-state index in [-0.39, 0.29) is 18.9 Å². The first-order valence-corrected chi connectivity index (χ1v) is 7.39. The van der Waals surface area contributed by atoms with E-state index in [1.54, 1.807) is 12.1 Å². The Balaban J connectivity index is 1.63. The SMILES string of the molecule is O=C(O)[C@@H]1c2nc[nH]c2CCN1C(=O)CCOc1ccccc1. The molecule has 1 aliphatic rings. The lowest BCUT2D eigenvalue weighted by atomic mass is 10.0. The van der Waals surface area contributed by atoms with Crippen molar-refractivity contribution in [3.8, 4) is 5.75 Å². The lowest BCUT2D eigenvalue weighted by Crippen LogP contribution is -2.44. The van der Waals surface area contributed by atoms with E-state index in [1.807, 2.05) is 18.2 Å². The Bertz CT molecular complexity index is 698. The molecule has 2 aromatic rings. The van der Waals surface area contributed by atoms with Gasteiger partial charge in [-0.1, -0.05) is 18.2 Å². The van der Waals surface area contributed by atoms with Crippen LogP contribution in [0.1, 0.15) is 23.9 Å². The molecule has 0 saturated heterocycles. The maximum Gasteiger partial charge on any atom is 0.332 e. The first kappa shape index (κ1) is 15.1. The average Bonchev–Trinajstić information content (AvgIpc) is 3.03. The highest BCUT2D eigenvalue weighted by atomic mass is 16.5. The number of imidazole rings is 1. The van der Waals surface area contributed by atoms with Gasteiger partial charge in [-0.05, 0) is 12.1 Å². The Labute approximate surface area is 132 Å². The maximum absolute atomic E-state index is 12.4. The van der Waals surface area contributed by atoms with Crippen molar-refractivity contribution < 1.29 is 19.4 Å². The second-order valence-corrected chi connectivity index (χ2v) is 5.26. The molecule has 7 nitrogen and oxygen atoms in total. The van der Waals surface area contributed by atoms with Crippen molar-refractivity contribution in [2.45, 2.75) is 18.9 Å². The molecule has 1 atom stereocenters. The quantitative estimate of drug-likeness (QED) is 0.869. The topological polar surface area (TPSA) is 95.5 Å². The largest absolute Gasteiger partial charge is 0.493 e. The van der Waals surface area contributed by atoms with Crippen molar-refractivity contribution in [3.63, 3.8) is 0 Å². The number of hydrogen-bond donors (Lipinski definition) is 2. The predicted molar refractivity (Wildman–Crippen MR) is 80.9 cm³/mol. The lowest BCUT2D eigenvalue weighted by molar-refractivity contribution is -0.151. The molecule has 0 bridgehead atoms. The molecule has 0 fully saturated rings. The molecule has 2 heterocycles. The molecule has 0 radical (unpaired) electrons. The number of H-pyrrole nitrogens is 1. The second kappa shape index (κ2) is 6.51. The third kappa shape index (κ3) is 3.18. The summed E-state index contributed by atoms with van der Waals surface area (Å²) in [4.78, 5) is 32.3. The fourth-order valence-electron chi connectivity index (χ4n) is 2.71. The zero-order chi connectivity index (χ0) is 16.2. The van der Waals surface area contributed by atoms with E-state index < -0.39 is 12.0 Å². The van der Waals surface area contributed by atoms with E-state index in [0.717, 1.165) is 5.69 Å². The van der Waals surface area contributed by atoms with Crippen LogP contribution < -0.4 is 4.74 Å². The van der Waals surface area contributed by atoms with Gasteiger partial charge in [0.1, 0.15) is 5.75 Å². The second-order valence-electron chi connectivity index (χ2n) is 5.26. The van der Waals surface area contributed by atoms with Gasteiger partial charge in [-0.2, -0.15) is 0 Å². The standard InChI is InChI=1S/C16H17N3O4/c20-13(7-9-23-11-4-2-1-3-5-11)19-8-6-12-14(18-10-17-12)15(19)16(21)22/h1-5,10,15H,6-9H2,(H,17,18)(H,21,22)/t15-/m0/s1. The molecule has 120 valence electrons. The summed E-state index contributed by atoms with van der Waals surface area (Å²) in [5.41, 5.74) is 1.20. The molecular formula is C16H17N3O4. The maximum atomic E-state index is 12.4. The number of fused-ring (bicyclic) bond motifs is 1. The summed E-state index contributed by atoms with van der Waals surface area (Å²) in [7, 11) is 0. The van der Waals surface area contributed by atoms with Crippen molar-refractivity contribution in [3.05, 3.63) is 48.0 Å². The molecule has 1 amide bonds. The van der Waals surface area contributed by atoms with E-state index in [1.165, 1.54) is 11.2 Å². The molecule has 0 spiro atoms. The van der Waals surface area contributed by atoms with Crippen molar-refractivity contribution in [2.75, 3.05) is 13.2 Å². The number of carboxylic acid groups (broad SMARTS) is 1. The monoisotopic (exact) mass is 315 g/mol. The highest BCUT2D eigenvalue weighted by molar-refractivity contribution is 5.85. The van der Waals surface area contributed by atoms with Gasteiger partial charge in [0.25, 0.3) is 0 Å². The summed E-state index contributed by atoms with van der Waals surface area (Å²) in [5, 5.41) is 9.45. The number of hydrogen-bond acceptors (Lipinski definition) is 4. The molecule has 1 aromatic carbocycles. The lowest BCUT2D eigenvalue weighted by Gasteiger charge is -2.32. The number of amides is 1. The highest BCUT2D eigenvalue weighted by Crippen LogP contribution is 2.28. The predicted octanol–water partition coefficient (Wildman–Crippen LogP) is 1.39. The molecule has 1 aliphatic heterocycles. The number of rotatable bonds is 5. The molecular weight excluding hydrogens is 298 g/mol. The van der Waals surface area contributed by atoms with Crippen LogP contribution in [-0.4, -0.2) is 45.0 Å². The fraction of sp³-hybridized carbons (Fsp3) is 0.312. The minimum Gasteiger partial charge on any atom is -0.493 e. The van der Waals surface area contributed by atoms with Gasteiger partial charge in [0.15, 0.2) is 6.04 Å². The fourth-order valence-corrected chi connectivity index (χ4v) is 2.71. The molecule has 2 N–H and O–H groups in total. The summed E-state index contributed by atoms with van der Waals surface area (Å²) in [6.07, 6.45) is 2.16. The van der Waals surface area contributed by atoms with E-state index in [4.69, 9.17) is 4.74 Å². The minimum atomic E-state index is -1.07. The number of carbonyl (C=O) groups is 2. The third-order valence-electron chi connectivity index (χ3n) is 3.81. The first-order valence-electron chi connectivity index (χ1n) is 7.39. The minimum absolute atomic E-state index is 0.123. The molecule has 0 unspecified atom stereocenters. The smallest absolute Gasteiger partial charge is 0.332 e. The summed E-state index contributed by atoms with van der Waals surface area (Å²) in [6.45, 7) is 0.565. The number of carbonyl (C=O) groups excluding carboxylic acids is 1. The van der Waals surface area contributed by atoms with Gasteiger partial charge in [0, 0.05) is 18.7 Å². The van der Waals surface area contributed by atoms with Crippen molar-refractivity contribution in [1.29, 1.82) is 0 Å². The number of aliphatic carboxylic acids is 1. The Morgan fingerprint density at radius 3 is 2.87 bits per heavy atom. The van der Waals surface area contributed by atoms with Crippen LogP contribution in [0.25, 0.3) is 0 Å². The Morgan fingerprint density at radius 2 is 2.13 bits per heavy atom. The Morgan fingerprint density at radius 1 is 1.35 bits per heavy atom. The van der Waals surface area contributed by atoms with E-state index in [2.05, 4.69) is 9.97 Å². The summed E-state index contributed by atoms with van der Waals surface area (Å²) < 4.78 is 5.50. The van der Waals surface area contributed by atoms with Crippen LogP contribution in [0.2, 0.25) is 0 Å². The number of para-hydroxylation sites is 1. The van der Waals surface area contributed by atoms with Crippen LogP contribution in [0.5, 0.6) is 5.75 Å². The molecule has 23 heavy (non-hydrogen) atoms. The van der Waals surface area contributed by atoms with Crippen molar-refractivity contribution >= 4 is 11.9 Å². The first-order chi connectivity index (χ1) is 11.2. The molecule has 1 aromatic heterocycles. The van der Waals surface area contributed by atoms with Crippen LogP contribution >= 0.6 is 0 Å². The molecule has 0 saturated carbocycles. The molecule has 7 heteroatoms. The Kier molecular flexibility index (Phi) is 4.27. The van der Waals surface area contributed by atoms with Crippen LogP contribution in [0.4, 0.5) is 0 Å². The molecule has 3 rings (SSSR count). The van der Waals surface area contributed by atoms with Gasteiger partial charge >= 0.3 is 5.97 Å². The van der Waals surface area contributed by atoms with Crippen LogP contribution in [0, 0.1) is 0 Å².